The van der Waals surface area contributed by atoms with E-state index >= 15 is 0 Å². The predicted molar refractivity (Wildman–Crippen MR) is 275 cm³/mol. The average Bonchev–Trinajstić information content (AvgIpc) is 4.01. The molecular formula is C53H50ClFN8O9. The summed E-state index contributed by atoms with van der Waals surface area (Å²) in [5.41, 5.74) is 13.1. The van der Waals surface area contributed by atoms with Crippen molar-refractivity contribution in [3.05, 3.63) is 176 Å². The lowest BCUT2D eigenvalue weighted by atomic mass is 10.0. The van der Waals surface area contributed by atoms with Gasteiger partial charge in [-0.05, 0) is 59.4 Å². The number of halogens is 2. The Kier molecular flexibility index (Phi) is 16.8. The fourth-order valence-electron chi connectivity index (χ4n) is 8.49. The van der Waals surface area contributed by atoms with E-state index in [4.69, 9.17) is 21.7 Å². The van der Waals surface area contributed by atoms with Crippen molar-refractivity contribution in [2.75, 3.05) is 43.3 Å². The van der Waals surface area contributed by atoms with Crippen molar-refractivity contribution >= 4 is 69.0 Å². The van der Waals surface area contributed by atoms with Crippen molar-refractivity contribution in [3.63, 3.8) is 0 Å². The number of alkyl halides is 1. The second-order valence-corrected chi connectivity index (χ2v) is 16.3. The minimum atomic E-state index is -1.05. The number of carboxylic acids is 1. The van der Waals surface area contributed by atoms with Gasteiger partial charge in [0.2, 0.25) is 11.8 Å². The molecule has 0 fully saturated rings. The lowest BCUT2D eigenvalue weighted by Crippen LogP contribution is -2.30. The summed E-state index contributed by atoms with van der Waals surface area (Å²) in [5.74, 6) is -0.752. The van der Waals surface area contributed by atoms with Gasteiger partial charge < -0.3 is 36.3 Å². The Morgan fingerprint density at radius 2 is 1.03 bits per heavy atom. The zero-order valence-electron chi connectivity index (χ0n) is 39.6. The minimum Gasteiger partial charge on any atom is -0.484 e. The molecule has 0 radical (unpaired) electrons. The van der Waals surface area contributed by atoms with Gasteiger partial charge in [0.05, 0.1) is 54.9 Å². The van der Waals surface area contributed by atoms with E-state index in [1.807, 2.05) is 97.1 Å². The average molecular weight is 998 g/mol. The van der Waals surface area contributed by atoms with Crippen molar-refractivity contribution in [1.29, 1.82) is 0 Å². The van der Waals surface area contributed by atoms with Crippen molar-refractivity contribution in [2.45, 2.75) is 25.7 Å². The van der Waals surface area contributed by atoms with Crippen LogP contribution in [-0.4, -0.2) is 82.6 Å². The summed E-state index contributed by atoms with van der Waals surface area (Å²) in [6, 6.07) is 40.6. The number of carbonyl (C=O) groups excluding carboxylic acids is 3. The number of primary amides is 1. The van der Waals surface area contributed by atoms with Crippen molar-refractivity contribution < 1.29 is 39.5 Å². The number of carboxylic acid groups (broad SMARTS) is 1. The topological polar surface area (TPSA) is 266 Å². The molecule has 0 atom stereocenters. The number of ether oxygens (including phenoxy) is 2. The number of nitrogens with two attached hydrogens (primary N) is 1. The van der Waals surface area contributed by atoms with Crippen LogP contribution >= 0.6 is 12.4 Å². The van der Waals surface area contributed by atoms with Crippen LogP contribution in [0.25, 0.3) is 44.1 Å². The highest BCUT2D eigenvalue weighted by Gasteiger charge is 2.27. The number of hydrogen-bond donors (Lipinski definition) is 5. The van der Waals surface area contributed by atoms with E-state index in [2.05, 4.69) is 20.4 Å². The Morgan fingerprint density at radius 3 is 1.42 bits per heavy atom. The van der Waals surface area contributed by atoms with Gasteiger partial charge in [-0.2, -0.15) is 10.2 Å². The van der Waals surface area contributed by atoms with Crippen molar-refractivity contribution in [3.8, 4) is 34.0 Å². The molecule has 17 nitrogen and oxygen atoms in total. The van der Waals surface area contributed by atoms with E-state index in [0.717, 1.165) is 68.4 Å². The lowest BCUT2D eigenvalue weighted by Gasteiger charge is -2.18. The van der Waals surface area contributed by atoms with Crippen LogP contribution in [0.2, 0.25) is 0 Å². The van der Waals surface area contributed by atoms with Gasteiger partial charge in [0.25, 0.3) is 17.0 Å². The van der Waals surface area contributed by atoms with Gasteiger partial charge in [-0.1, -0.05) is 97.1 Å². The first-order valence-corrected chi connectivity index (χ1v) is 22.0. The molecule has 0 spiro atoms. The first-order chi connectivity index (χ1) is 34.4. The zero-order valence-corrected chi connectivity index (χ0v) is 39.5. The number of nitrogens with zero attached hydrogens (tertiary/aromatic N) is 4. The second-order valence-electron chi connectivity index (χ2n) is 16.3. The number of aromatic amines is 2. The second kappa shape index (κ2) is 23.7. The smallest absolute Gasteiger partial charge is 0.341 e. The molecule has 8 aromatic rings. The molecule has 19 heteroatoms. The molecule has 0 bridgehead atoms. The molecule has 2 aromatic heterocycles. The Morgan fingerprint density at radius 1 is 0.639 bits per heavy atom. The molecule has 0 saturated carbocycles. The maximum atomic E-state index is 13.1. The highest BCUT2D eigenvalue weighted by atomic mass is 35.5. The molecule has 0 unspecified atom stereocenters. The lowest BCUT2D eigenvalue weighted by molar-refractivity contribution is -0.139. The first kappa shape index (κ1) is 51.1. The SMILES string of the molecule is Cl.N.NC(=O)COc1ccc2c(c1)N(C(=O)Cc1ccc(-c3n[nH]c(=O)c4ccccc34)cc1)CC2.O=C(O)COc1ccc2c(c1)N(C(=O)Cc1ccc(-c3n[nH]c(=O)c4ccccc34)cc1)CC2.[2H]CF. The third kappa shape index (κ3) is 11.8. The summed E-state index contributed by atoms with van der Waals surface area (Å²) >= 11 is 0. The van der Waals surface area contributed by atoms with Crippen LogP contribution in [0.4, 0.5) is 15.8 Å². The first-order valence-electron chi connectivity index (χ1n) is 22.7. The number of amides is 3. The number of fused-ring (bicyclic) bond motifs is 4. The van der Waals surface area contributed by atoms with Gasteiger partial charge in [0.15, 0.2) is 13.2 Å². The number of benzene rings is 6. The summed E-state index contributed by atoms with van der Waals surface area (Å²) in [5, 5.41) is 25.1. The van der Waals surface area contributed by atoms with E-state index in [9.17, 15) is 33.2 Å². The number of aliphatic carboxylic acids is 1. The minimum absolute atomic E-state index is 0. The fraction of sp³-hybridized carbons (Fsp3) is 0.170. The van der Waals surface area contributed by atoms with E-state index in [-0.39, 0.29) is 60.9 Å². The molecule has 2 aliphatic rings. The molecule has 3 amide bonds. The van der Waals surface area contributed by atoms with Gasteiger partial charge in [-0.15, -0.1) is 12.4 Å². The van der Waals surface area contributed by atoms with Gasteiger partial charge in [0.1, 0.15) is 11.5 Å². The van der Waals surface area contributed by atoms with Crippen LogP contribution < -0.4 is 42.3 Å². The zero-order chi connectivity index (χ0) is 50.0. The molecular weight excluding hydrogens is 947 g/mol. The standard InChI is InChI=1S/C26H22N4O4.C26H21N3O5.CH3F.ClH.H3N/c27-23(31)15-34-19-10-9-17-11-12-30(22(17)14-19)24(32)13-16-5-7-18(8-6-16)25-20-3-1-2-4-21(20)26(33)29-28-25;30-23(29-12-11-17-9-10-19(14-22(17)29)34-15-24(31)32)13-16-5-7-18(8-6-16)25-20-3-1-2-4-21(20)26(33)28-27-25;1-2;;/h1-10,14H,11-13,15H2,(H2,27,31)(H,29,33);1-10,14H,11-13,15H2,(H,28,33)(H,31,32);1H3;1H;1H3/i;;1D;;. The van der Waals surface area contributed by atoms with Gasteiger partial charge in [-0.25, -0.2) is 15.0 Å². The largest absolute Gasteiger partial charge is 0.484 e. The molecule has 0 aliphatic carbocycles. The number of H-pyrrole nitrogens is 2. The molecule has 0 saturated heterocycles. The summed E-state index contributed by atoms with van der Waals surface area (Å²) in [6.45, 7) is 0.526. The van der Waals surface area contributed by atoms with Crippen molar-refractivity contribution in [1.82, 2.24) is 26.5 Å². The summed E-state index contributed by atoms with van der Waals surface area (Å²) in [4.78, 5) is 75.5. The third-order valence-electron chi connectivity index (χ3n) is 11.8. The summed E-state index contributed by atoms with van der Waals surface area (Å²) in [7, 11) is -1.00. The molecule has 370 valence electrons. The van der Waals surface area contributed by atoms with Crippen LogP contribution in [0.1, 0.15) is 23.6 Å². The van der Waals surface area contributed by atoms with E-state index < -0.39 is 25.6 Å². The molecule has 8 N–H and O–H groups in total. The number of nitrogens with one attached hydrogen (secondary N) is 2. The molecule has 2 aliphatic heterocycles. The summed E-state index contributed by atoms with van der Waals surface area (Å²) < 4.78 is 26.2. The molecule has 10 rings (SSSR count). The maximum Gasteiger partial charge on any atom is 0.341 e. The van der Waals surface area contributed by atoms with Gasteiger partial charge >= 0.3 is 5.97 Å². The number of anilines is 2. The van der Waals surface area contributed by atoms with Gasteiger partial charge in [-0.3, -0.25) is 28.4 Å². The predicted octanol–water partition coefficient (Wildman–Crippen LogP) is 6.94. The fourth-order valence-corrected chi connectivity index (χ4v) is 8.49. The Labute approximate surface area is 418 Å². The highest BCUT2D eigenvalue weighted by molar-refractivity contribution is 5.99. The van der Waals surface area contributed by atoms with Crippen molar-refractivity contribution in [2.24, 2.45) is 5.73 Å². The van der Waals surface area contributed by atoms with Crippen LogP contribution in [0.15, 0.2) is 143 Å². The normalized spacial score (nSPS) is 12.1. The maximum absolute atomic E-state index is 13.1. The number of carbonyl (C=O) groups is 4. The van der Waals surface area contributed by atoms with E-state index in [1.54, 1.807) is 46.2 Å². The quantitative estimate of drug-likeness (QED) is 0.0833. The number of aromatic nitrogens is 4. The van der Waals surface area contributed by atoms with E-state index in [0.29, 0.717) is 46.7 Å². The monoisotopic (exact) mass is 997 g/mol. The van der Waals surface area contributed by atoms with Crippen LogP contribution in [0, 0.1) is 0 Å². The number of hydrogen-bond acceptors (Lipinski definition) is 11. The molecule has 4 heterocycles. The van der Waals surface area contributed by atoms with Gasteiger partial charge in [0, 0.05) is 47.1 Å². The van der Waals surface area contributed by atoms with Crippen LogP contribution in [-0.2, 0) is 44.9 Å². The third-order valence-corrected chi connectivity index (χ3v) is 11.8. The number of rotatable bonds is 12. The molecule has 6 aromatic carbocycles. The van der Waals surface area contributed by atoms with Crippen LogP contribution in [0.3, 0.4) is 0 Å². The Hall–Kier alpha value is -8.74. The summed E-state index contributed by atoms with van der Waals surface area (Å²) in [6.07, 6.45) is 1.97. The Bertz CT molecular complexity index is 3190. The Balaban J connectivity index is 0.000000220. The molecule has 72 heavy (non-hydrogen) atoms. The van der Waals surface area contributed by atoms with E-state index in [1.165, 1.54) is 0 Å². The highest BCUT2D eigenvalue weighted by Crippen LogP contribution is 2.34. The van der Waals surface area contributed by atoms with Crippen LogP contribution in [0.5, 0.6) is 11.5 Å².